The maximum Gasteiger partial charge on any atom is 0.0693 e. The highest BCUT2D eigenvalue weighted by Gasteiger charge is 2.64. The maximum absolute atomic E-state index is 9.39. The summed E-state index contributed by atoms with van der Waals surface area (Å²) in [4.78, 5) is 0. The van der Waals surface area contributed by atoms with E-state index in [1.807, 2.05) is 0 Å². The Hall–Kier alpha value is -0.510. The van der Waals surface area contributed by atoms with Crippen LogP contribution in [0.3, 0.4) is 0 Å². The first kappa shape index (κ1) is 9.70. The lowest BCUT2D eigenvalue weighted by Gasteiger charge is -2.50. The van der Waals surface area contributed by atoms with Crippen molar-refractivity contribution in [2.45, 2.75) is 46.5 Å². The van der Waals surface area contributed by atoms with Gasteiger partial charge in [0, 0.05) is 0 Å². The molecule has 15 heavy (non-hydrogen) atoms. The molecular formula is C14H21N. The van der Waals surface area contributed by atoms with Gasteiger partial charge in [0.25, 0.3) is 0 Å². The van der Waals surface area contributed by atoms with E-state index in [0.29, 0.717) is 5.41 Å². The van der Waals surface area contributed by atoms with Crippen molar-refractivity contribution in [3.05, 3.63) is 0 Å². The number of nitriles is 1. The predicted molar refractivity (Wildman–Crippen MR) is 59.9 cm³/mol. The maximum atomic E-state index is 9.39. The highest BCUT2D eigenvalue weighted by atomic mass is 14.7. The largest absolute Gasteiger partial charge is 0.198 e. The minimum absolute atomic E-state index is 0.118. The van der Waals surface area contributed by atoms with E-state index in [-0.39, 0.29) is 5.41 Å². The van der Waals surface area contributed by atoms with E-state index < -0.39 is 0 Å². The Labute approximate surface area is 92.9 Å². The quantitative estimate of drug-likeness (QED) is 0.590. The molecule has 0 heterocycles. The van der Waals surface area contributed by atoms with Crippen molar-refractivity contribution < 1.29 is 0 Å². The summed E-state index contributed by atoms with van der Waals surface area (Å²) in [5.41, 5.74) is 0.582. The molecule has 1 heteroatoms. The van der Waals surface area contributed by atoms with E-state index in [1.165, 1.54) is 25.7 Å². The van der Waals surface area contributed by atoms with Gasteiger partial charge in [-0.25, -0.2) is 0 Å². The monoisotopic (exact) mass is 203 g/mol. The lowest BCUT2D eigenvalue weighted by molar-refractivity contribution is -0.00562. The molecule has 0 N–H and O–H groups in total. The standard InChI is InChI=1S/C14H21N/c1-9-4-10-6-14(8-15)7-11(5-12(10)14)13(9,2)3/h9-12H,4-7H2,1-3H3. The van der Waals surface area contributed by atoms with Crippen molar-refractivity contribution >= 4 is 0 Å². The van der Waals surface area contributed by atoms with Gasteiger partial charge in [0.1, 0.15) is 0 Å². The Bertz CT molecular complexity index is 338. The molecule has 0 aliphatic heterocycles. The fraction of sp³-hybridized carbons (Fsp3) is 0.929. The van der Waals surface area contributed by atoms with Crippen LogP contribution in [-0.2, 0) is 0 Å². The lowest BCUT2D eigenvalue weighted by Crippen LogP contribution is -2.45. The Balaban J connectivity index is 1.98. The zero-order valence-electron chi connectivity index (χ0n) is 10.1. The molecule has 0 saturated heterocycles. The average molecular weight is 203 g/mol. The molecule has 0 aromatic carbocycles. The van der Waals surface area contributed by atoms with Crippen LogP contribution in [0.25, 0.3) is 0 Å². The molecule has 0 spiro atoms. The van der Waals surface area contributed by atoms with Crippen molar-refractivity contribution in [3.63, 3.8) is 0 Å². The molecule has 1 nitrogen and oxygen atoms in total. The summed E-state index contributed by atoms with van der Waals surface area (Å²) in [5.74, 6) is 3.29. The van der Waals surface area contributed by atoms with Gasteiger partial charge in [0.15, 0.2) is 0 Å². The number of nitrogens with zero attached hydrogens (tertiary/aromatic N) is 1. The predicted octanol–water partition coefficient (Wildman–Crippen LogP) is 3.61. The molecule has 3 aliphatic rings. The Morgan fingerprint density at radius 2 is 1.93 bits per heavy atom. The highest BCUT2D eigenvalue weighted by molar-refractivity contribution is 5.20. The molecule has 82 valence electrons. The second-order valence-corrected chi connectivity index (χ2v) is 6.93. The Morgan fingerprint density at radius 1 is 1.20 bits per heavy atom. The van der Waals surface area contributed by atoms with Crippen LogP contribution in [0, 0.1) is 45.8 Å². The summed E-state index contributed by atoms with van der Waals surface area (Å²) >= 11 is 0. The van der Waals surface area contributed by atoms with Gasteiger partial charge in [-0.05, 0) is 54.8 Å². The Morgan fingerprint density at radius 3 is 2.60 bits per heavy atom. The zero-order valence-corrected chi connectivity index (χ0v) is 10.1. The summed E-state index contributed by atoms with van der Waals surface area (Å²) in [6.07, 6.45) is 5.13. The molecular weight excluding hydrogens is 182 g/mol. The van der Waals surface area contributed by atoms with Gasteiger partial charge in [-0.15, -0.1) is 0 Å². The summed E-state index contributed by atoms with van der Waals surface area (Å²) in [5, 5.41) is 9.39. The lowest BCUT2D eigenvalue weighted by atomic mass is 9.52. The van der Waals surface area contributed by atoms with E-state index >= 15 is 0 Å². The van der Waals surface area contributed by atoms with E-state index in [9.17, 15) is 5.26 Å². The minimum Gasteiger partial charge on any atom is -0.198 e. The van der Waals surface area contributed by atoms with Gasteiger partial charge in [0.2, 0.25) is 0 Å². The first-order valence-electron chi connectivity index (χ1n) is 6.41. The van der Waals surface area contributed by atoms with Crippen molar-refractivity contribution in [2.75, 3.05) is 0 Å². The second-order valence-electron chi connectivity index (χ2n) is 6.93. The molecule has 3 saturated carbocycles. The van der Waals surface area contributed by atoms with Gasteiger partial charge >= 0.3 is 0 Å². The van der Waals surface area contributed by atoms with Crippen LogP contribution in [0.4, 0.5) is 0 Å². The topological polar surface area (TPSA) is 23.8 Å². The van der Waals surface area contributed by atoms with E-state index in [4.69, 9.17) is 0 Å². The van der Waals surface area contributed by atoms with Gasteiger partial charge in [-0.3, -0.25) is 0 Å². The van der Waals surface area contributed by atoms with Crippen molar-refractivity contribution in [1.29, 1.82) is 5.26 Å². The first-order valence-corrected chi connectivity index (χ1v) is 6.41. The molecule has 3 aliphatic carbocycles. The summed E-state index contributed by atoms with van der Waals surface area (Å²) in [6.45, 7) is 7.29. The van der Waals surface area contributed by atoms with Crippen molar-refractivity contribution in [3.8, 4) is 6.07 Å². The van der Waals surface area contributed by atoms with Crippen LogP contribution >= 0.6 is 0 Å². The summed E-state index contributed by atoms with van der Waals surface area (Å²) in [6, 6.07) is 2.66. The van der Waals surface area contributed by atoms with Crippen molar-refractivity contribution in [1.82, 2.24) is 0 Å². The van der Waals surface area contributed by atoms with Gasteiger partial charge < -0.3 is 0 Å². The molecule has 0 radical (unpaired) electrons. The molecule has 3 fully saturated rings. The average Bonchev–Trinajstić information content (AvgIpc) is 2.45. The number of rotatable bonds is 0. The highest BCUT2D eigenvalue weighted by Crippen LogP contribution is 2.70. The third-order valence-electron chi connectivity index (χ3n) is 6.26. The third-order valence-corrected chi connectivity index (χ3v) is 6.26. The van der Waals surface area contributed by atoms with Gasteiger partial charge in [-0.1, -0.05) is 20.8 Å². The van der Waals surface area contributed by atoms with Gasteiger partial charge in [0.05, 0.1) is 11.5 Å². The number of hydrogen-bond donors (Lipinski definition) is 0. The number of fused-ring (bicyclic) bond motifs is 1. The van der Waals surface area contributed by atoms with Crippen LogP contribution in [0.2, 0.25) is 0 Å². The molecule has 3 rings (SSSR count). The summed E-state index contributed by atoms with van der Waals surface area (Å²) < 4.78 is 0. The van der Waals surface area contributed by atoms with Crippen LogP contribution < -0.4 is 0 Å². The van der Waals surface area contributed by atoms with Gasteiger partial charge in [-0.2, -0.15) is 5.26 Å². The molecule has 5 unspecified atom stereocenters. The normalized spacial score (nSPS) is 55.3. The van der Waals surface area contributed by atoms with Crippen LogP contribution in [-0.4, -0.2) is 0 Å². The smallest absolute Gasteiger partial charge is 0.0693 e. The van der Waals surface area contributed by atoms with E-state index in [2.05, 4.69) is 26.8 Å². The Kier molecular flexibility index (Phi) is 1.68. The molecule has 0 aromatic rings. The number of hydrogen-bond acceptors (Lipinski definition) is 1. The SMILES string of the molecule is CC1CC2CC3(C#N)CC(CC23)C1(C)C. The fourth-order valence-corrected chi connectivity index (χ4v) is 4.68. The zero-order chi connectivity index (χ0) is 10.8. The molecule has 0 amide bonds. The van der Waals surface area contributed by atoms with Crippen molar-refractivity contribution in [2.24, 2.45) is 34.5 Å². The first-order chi connectivity index (χ1) is 6.99. The van der Waals surface area contributed by atoms with E-state index in [1.54, 1.807) is 0 Å². The molecule has 2 bridgehead atoms. The van der Waals surface area contributed by atoms with Crippen LogP contribution in [0.5, 0.6) is 0 Å². The second kappa shape index (κ2) is 2.59. The van der Waals surface area contributed by atoms with Crippen LogP contribution in [0.15, 0.2) is 0 Å². The summed E-state index contributed by atoms with van der Waals surface area (Å²) in [7, 11) is 0. The molecule has 5 atom stereocenters. The third kappa shape index (κ3) is 0.986. The fourth-order valence-electron chi connectivity index (χ4n) is 4.68. The minimum atomic E-state index is 0.118. The van der Waals surface area contributed by atoms with E-state index in [0.717, 1.165) is 23.7 Å². The van der Waals surface area contributed by atoms with Crippen LogP contribution in [0.1, 0.15) is 46.5 Å². The molecule has 0 aromatic heterocycles.